The largest absolute Gasteiger partial charge is 0.353 e. The maximum absolute atomic E-state index is 13.3. The fraction of sp³-hybridized carbons (Fsp3) is 0.421. The molecule has 0 aliphatic carbocycles. The summed E-state index contributed by atoms with van der Waals surface area (Å²) < 4.78 is 26.5. The molecule has 1 fully saturated rings. The van der Waals surface area contributed by atoms with Crippen LogP contribution in [0.1, 0.15) is 32.3 Å². The van der Waals surface area contributed by atoms with E-state index in [1.807, 2.05) is 18.7 Å². The smallest absolute Gasteiger partial charge is 0.264 e. The van der Waals surface area contributed by atoms with Crippen molar-refractivity contribution in [3.05, 3.63) is 42.2 Å². The van der Waals surface area contributed by atoms with Gasteiger partial charge in [-0.3, -0.25) is 9.78 Å². The highest BCUT2D eigenvalue weighted by molar-refractivity contribution is 5.78. The second kappa shape index (κ2) is 7.76. The number of anilines is 1. The van der Waals surface area contributed by atoms with E-state index >= 15 is 0 Å². The summed E-state index contributed by atoms with van der Waals surface area (Å²) in [6.45, 7) is 5.08. The third kappa shape index (κ3) is 3.98. The second-order valence-corrected chi connectivity index (χ2v) is 6.75. The number of halogens is 2. The summed E-state index contributed by atoms with van der Waals surface area (Å²) in [5, 5.41) is 3.02. The molecule has 3 rings (SSSR count). The van der Waals surface area contributed by atoms with Gasteiger partial charge in [0.1, 0.15) is 5.82 Å². The number of alkyl halides is 2. The molecule has 1 aromatic carbocycles. The normalized spacial score (nSPS) is 17.2. The Morgan fingerprint density at radius 1 is 1.27 bits per heavy atom. The van der Waals surface area contributed by atoms with E-state index < -0.39 is 6.43 Å². The highest BCUT2D eigenvalue weighted by atomic mass is 19.3. The zero-order valence-electron chi connectivity index (χ0n) is 14.8. The van der Waals surface area contributed by atoms with Gasteiger partial charge in [0.15, 0.2) is 0 Å². The van der Waals surface area contributed by atoms with Crippen molar-refractivity contribution in [2.45, 2.75) is 32.7 Å². The highest BCUT2D eigenvalue weighted by Crippen LogP contribution is 2.30. The molecule has 1 atom stereocenters. The first-order valence-electron chi connectivity index (χ1n) is 8.70. The summed E-state index contributed by atoms with van der Waals surface area (Å²) in [4.78, 5) is 22.6. The number of nitrogens with zero attached hydrogens (tertiary/aromatic N) is 3. The molecule has 1 N–H and O–H groups in total. The first-order chi connectivity index (χ1) is 12.5. The fourth-order valence-corrected chi connectivity index (χ4v) is 3.01. The maximum atomic E-state index is 13.3. The van der Waals surface area contributed by atoms with E-state index in [9.17, 15) is 13.6 Å². The van der Waals surface area contributed by atoms with Crippen molar-refractivity contribution in [2.24, 2.45) is 5.92 Å². The highest BCUT2D eigenvalue weighted by Gasteiger charge is 2.26. The van der Waals surface area contributed by atoms with Gasteiger partial charge in [-0.15, -0.1) is 0 Å². The lowest BCUT2D eigenvalue weighted by molar-refractivity contribution is -0.124. The predicted octanol–water partition coefficient (Wildman–Crippen LogP) is 3.43. The molecule has 1 aliphatic heterocycles. The quantitative estimate of drug-likeness (QED) is 0.888. The molecule has 0 saturated carbocycles. The molecule has 0 unspecified atom stereocenters. The van der Waals surface area contributed by atoms with E-state index in [2.05, 4.69) is 15.3 Å². The summed E-state index contributed by atoms with van der Waals surface area (Å²) in [7, 11) is 0. The summed E-state index contributed by atoms with van der Waals surface area (Å²) >= 11 is 0. The number of carbonyl (C=O) groups excluding carboxylic acids is 1. The van der Waals surface area contributed by atoms with E-state index in [4.69, 9.17) is 0 Å². The molecule has 1 saturated heterocycles. The molecule has 0 radical (unpaired) electrons. The van der Waals surface area contributed by atoms with Gasteiger partial charge < -0.3 is 10.2 Å². The summed E-state index contributed by atoms with van der Waals surface area (Å²) in [5.74, 6) is 0.605. The average molecular weight is 360 g/mol. The van der Waals surface area contributed by atoms with Crippen molar-refractivity contribution in [2.75, 3.05) is 18.0 Å². The second-order valence-electron chi connectivity index (χ2n) is 6.75. The van der Waals surface area contributed by atoms with Crippen LogP contribution in [0, 0.1) is 5.92 Å². The zero-order chi connectivity index (χ0) is 18.7. The Morgan fingerprint density at radius 2 is 2.04 bits per heavy atom. The molecule has 0 bridgehead atoms. The number of amides is 1. The van der Waals surface area contributed by atoms with Crippen LogP contribution in [-0.2, 0) is 4.79 Å². The fourth-order valence-electron chi connectivity index (χ4n) is 3.01. The van der Waals surface area contributed by atoms with Gasteiger partial charge in [0.2, 0.25) is 5.91 Å². The third-order valence-electron chi connectivity index (χ3n) is 4.48. The van der Waals surface area contributed by atoms with Crippen LogP contribution in [0.4, 0.5) is 14.6 Å². The summed E-state index contributed by atoms with van der Waals surface area (Å²) in [5.41, 5.74) is 0.760. The monoisotopic (exact) mass is 360 g/mol. The summed E-state index contributed by atoms with van der Waals surface area (Å²) in [6.07, 6.45) is 1.37. The number of rotatable bonds is 5. The van der Waals surface area contributed by atoms with Crippen molar-refractivity contribution in [3.63, 3.8) is 0 Å². The minimum Gasteiger partial charge on any atom is -0.353 e. The lowest BCUT2D eigenvalue weighted by atomic mass is 10.1. The molecule has 1 aromatic heterocycles. The van der Waals surface area contributed by atoms with Gasteiger partial charge >= 0.3 is 0 Å². The molecule has 7 heteroatoms. The van der Waals surface area contributed by atoms with E-state index in [1.54, 1.807) is 24.4 Å². The van der Waals surface area contributed by atoms with Crippen LogP contribution in [0.25, 0.3) is 11.3 Å². The van der Waals surface area contributed by atoms with Gasteiger partial charge in [-0.05, 0) is 6.42 Å². The van der Waals surface area contributed by atoms with Crippen molar-refractivity contribution in [1.82, 2.24) is 15.3 Å². The van der Waals surface area contributed by atoms with Crippen LogP contribution >= 0.6 is 0 Å². The maximum Gasteiger partial charge on any atom is 0.264 e. The van der Waals surface area contributed by atoms with Crippen LogP contribution < -0.4 is 10.2 Å². The SMILES string of the molecule is CC(C)C(=O)N[C@@H]1CCN(c2cncc(-c3ccccc3C(F)F)n2)C1. The first kappa shape index (κ1) is 18.2. The van der Waals surface area contributed by atoms with Crippen LogP contribution in [0.2, 0.25) is 0 Å². The Hall–Kier alpha value is -2.57. The number of nitrogens with one attached hydrogen (secondary N) is 1. The molecule has 5 nitrogen and oxygen atoms in total. The Balaban J connectivity index is 1.78. The molecule has 138 valence electrons. The van der Waals surface area contributed by atoms with Crippen molar-refractivity contribution < 1.29 is 13.6 Å². The summed E-state index contributed by atoms with van der Waals surface area (Å²) in [6, 6.07) is 6.39. The van der Waals surface area contributed by atoms with E-state index in [1.165, 1.54) is 12.3 Å². The molecular weight excluding hydrogens is 338 g/mol. The Labute approximate surface area is 151 Å². The third-order valence-corrected chi connectivity index (χ3v) is 4.48. The molecule has 2 heterocycles. The zero-order valence-corrected chi connectivity index (χ0v) is 14.8. The number of carbonyl (C=O) groups is 1. The number of aromatic nitrogens is 2. The standard InChI is InChI=1S/C19H22F2N4O/c1-12(2)19(26)23-13-7-8-25(11-13)17-10-22-9-16(24-17)14-5-3-4-6-15(14)18(20)21/h3-6,9-10,12-13,18H,7-8,11H2,1-2H3,(H,23,26)/t13-/m1/s1. The van der Waals surface area contributed by atoms with Crippen LogP contribution in [-0.4, -0.2) is 35.0 Å². The minimum atomic E-state index is -2.57. The molecule has 1 amide bonds. The lowest BCUT2D eigenvalue weighted by Crippen LogP contribution is -2.39. The average Bonchev–Trinajstić information content (AvgIpc) is 3.10. The predicted molar refractivity (Wildman–Crippen MR) is 96.0 cm³/mol. The van der Waals surface area contributed by atoms with E-state index in [0.717, 1.165) is 13.0 Å². The van der Waals surface area contributed by atoms with Gasteiger partial charge in [0.25, 0.3) is 6.43 Å². The van der Waals surface area contributed by atoms with E-state index in [0.29, 0.717) is 23.6 Å². The first-order valence-corrected chi connectivity index (χ1v) is 8.70. The van der Waals surface area contributed by atoms with Gasteiger partial charge in [0, 0.05) is 36.2 Å². The van der Waals surface area contributed by atoms with Crippen LogP contribution in [0.3, 0.4) is 0 Å². The van der Waals surface area contributed by atoms with Crippen molar-refractivity contribution >= 4 is 11.7 Å². The molecule has 0 spiro atoms. The Bertz CT molecular complexity index is 782. The van der Waals surface area contributed by atoms with Crippen LogP contribution in [0.5, 0.6) is 0 Å². The Morgan fingerprint density at radius 3 is 2.77 bits per heavy atom. The van der Waals surface area contributed by atoms with Gasteiger partial charge in [0.05, 0.1) is 18.1 Å². The van der Waals surface area contributed by atoms with Crippen LogP contribution in [0.15, 0.2) is 36.7 Å². The molecular formula is C19H22F2N4O. The van der Waals surface area contributed by atoms with Crippen molar-refractivity contribution in [1.29, 1.82) is 0 Å². The number of hydrogen-bond donors (Lipinski definition) is 1. The minimum absolute atomic E-state index is 0.0301. The molecule has 26 heavy (non-hydrogen) atoms. The lowest BCUT2D eigenvalue weighted by Gasteiger charge is -2.19. The number of hydrogen-bond acceptors (Lipinski definition) is 4. The molecule has 2 aromatic rings. The van der Waals surface area contributed by atoms with Gasteiger partial charge in [-0.1, -0.05) is 38.1 Å². The van der Waals surface area contributed by atoms with Gasteiger partial charge in [-0.2, -0.15) is 0 Å². The Kier molecular flexibility index (Phi) is 5.44. The molecule has 1 aliphatic rings. The number of benzene rings is 1. The van der Waals surface area contributed by atoms with Gasteiger partial charge in [-0.25, -0.2) is 13.8 Å². The van der Waals surface area contributed by atoms with Crippen molar-refractivity contribution in [3.8, 4) is 11.3 Å². The van der Waals surface area contributed by atoms with E-state index in [-0.39, 0.29) is 23.4 Å². The topological polar surface area (TPSA) is 58.1 Å².